The van der Waals surface area contributed by atoms with E-state index in [9.17, 15) is 0 Å². The van der Waals surface area contributed by atoms with Crippen molar-refractivity contribution in [1.82, 2.24) is 4.98 Å². The van der Waals surface area contributed by atoms with Gasteiger partial charge >= 0.3 is 0 Å². The van der Waals surface area contributed by atoms with Crippen LogP contribution in [0.1, 0.15) is 11.5 Å². The molecule has 3 nitrogen and oxygen atoms in total. The molecule has 15 heavy (non-hydrogen) atoms. The van der Waals surface area contributed by atoms with Crippen molar-refractivity contribution in [1.29, 1.82) is 5.26 Å². The Morgan fingerprint density at radius 2 is 2.27 bits per heavy atom. The van der Waals surface area contributed by atoms with Crippen LogP contribution in [0.2, 0.25) is 0 Å². The zero-order valence-corrected chi connectivity index (χ0v) is 8.70. The number of hydrogen-bond donors (Lipinski definition) is 0. The van der Waals surface area contributed by atoms with E-state index in [2.05, 4.69) is 4.98 Å². The minimum atomic E-state index is 0.444. The number of thioether (sulfide) groups is 1. The molecule has 0 aromatic carbocycles. The number of nitrogens with zero attached hydrogens (tertiary/aromatic N) is 2. The van der Waals surface area contributed by atoms with Crippen LogP contribution in [0.25, 0.3) is 0 Å². The maximum Gasteiger partial charge on any atom is 0.141 e. The predicted octanol–water partition coefficient (Wildman–Crippen LogP) is 2.84. The largest absolute Gasteiger partial charge is 0.468 e. The molecule has 0 aliphatic rings. The van der Waals surface area contributed by atoms with Gasteiger partial charge in [0.05, 0.1) is 17.0 Å². The third kappa shape index (κ3) is 2.61. The number of furan rings is 1. The molecule has 0 fully saturated rings. The van der Waals surface area contributed by atoms with E-state index in [1.165, 1.54) is 0 Å². The molecule has 0 atom stereocenters. The van der Waals surface area contributed by atoms with E-state index in [0.717, 1.165) is 16.5 Å². The molecule has 2 aromatic heterocycles. The Balaban J connectivity index is 2.02. The SMILES string of the molecule is N#Cc1cccc(SCc2ccco2)n1. The fourth-order valence-corrected chi connectivity index (χ4v) is 1.89. The lowest BCUT2D eigenvalue weighted by atomic mass is 10.4. The Morgan fingerprint density at radius 3 is 3.00 bits per heavy atom. The first kappa shape index (κ1) is 9.81. The first-order chi connectivity index (χ1) is 7.38. The summed E-state index contributed by atoms with van der Waals surface area (Å²) in [7, 11) is 0. The Kier molecular flexibility index (Phi) is 3.05. The van der Waals surface area contributed by atoms with E-state index in [1.807, 2.05) is 30.3 Å². The lowest BCUT2D eigenvalue weighted by molar-refractivity contribution is 0.530. The van der Waals surface area contributed by atoms with E-state index in [4.69, 9.17) is 9.68 Å². The van der Waals surface area contributed by atoms with Crippen molar-refractivity contribution in [2.75, 3.05) is 0 Å². The molecular formula is C11H8N2OS. The summed E-state index contributed by atoms with van der Waals surface area (Å²) >= 11 is 1.55. The van der Waals surface area contributed by atoms with E-state index in [-0.39, 0.29) is 0 Å². The second-order valence-electron chi connectivity index (χ2n) is 2.84. The molecule has 0 aliphatic carbocycles. The molecule has 0 radical (unpaired) electrons. The van der Waals surface area contributed by atoms with Gasteiger partial charge in [-0.15, -0.1) is 0 Å². The number of hydrogen-bond acceptors (Lipinski definition) is 4. The summed E-state index contributed by atoms with van der Waals surface area (Å²) in [5, 5.41) is 9.51. The van der Waals surface area contributed by atoms with Gasteiger partial charge in [-0.25, -0.2) is 4.98 Å². The van der Waals surface area contributed by atoms with Crippen molar-refractivity contribution in [3.05, 3.63) is 48.0 Å². The molecule has 2 heterocycles. The molecule has 2 rings (SSSR count). The molecule has 0 bridgehead atoms. The van der Waals surface area contributed by atoms with E-state index in [1.54, 1.807) is 24.1 Å². The zero-order valence-electron chi connectivity index (χ0n) is 7.88. The fourth-order valence-electron chi connectivity index (χ4n) is 1.10. The van der Waals surface area contributed by atoms with Crippen molar-refractivity contribution in [2.45, 2.75) is 10.8 Å². The van der Waals surface area contributed by atoms with E-state index < -0.39 is 0 Å². The normalized spacial score (nSPS) is 9.80. The average Bonchev–Trinajstić information content (AvgIpc) is 2.79. The quantitative estimate of drug-likeness (QED) is 0.740. The zero-order chi connectivity index (χ0) is 10.5. The monoisotopic (exact) mass is 216 g/mol. The third-order valence-electron chi connectivity index (χ3n) is 1.78. The standard InChI is InChI=1S/C11H8N2OS/c12-7-9-3-1-5-11(13-9)15-8-10-4-2-6-14-10/h1-6H,8H2. The molecule has 0 saturated carbocycles. The van der Waals surface area contributed by atoms with Gasteiger partial charge in [0.25, 0.3) is 0 Å². The van der Waals surface area contributed by atoms with Crippen LogP contribution in [-0.4, -0.2) is 4.98 Å². The average molecular weight is 216 g/mol. The first-order valence-corrected chi connectivity index (χ1v) is 5.39. The van der Waals surface area contributed by atoms with Gasteiger partial charge in [-0.05, 0) is 24.3 Å². The summed E-state index contributed by atoms with van der Waals surface area (Å²) in [6.45, 7) is 0. The van der Waals surface area contributed by atoms with Crippen LogP contribution < -0.4 is 0 Å². The van der Waals surface area contributed by atoms with Crippen LogP contribution in [-0.2, 0) is 5.75 Å². The Hall–Kier alpha value is -1.73. The smallest absolute Gasteiger partial charge is 0.141 e. The minimum Gasteiger partial charge on any atom is -0.468 e. The van der Waals surface area contributed by atoms with Crippen LogP contribution in [0, 0.1) is 11.3 Å². The molecule has 4 heteroatoms. The highest BCUT2D eigenvalue weighted by atomic mass is 32.2. The fraction of sp³-hybridized carbons (Fsp3) is 0.0909. The van der Waals surface area contributed by atoms with Crippen molar-refractivity contribution in [3.63, 3.8) is 0 Å². The van der Waals surface area contributed by atoms with Gasteiger partial charge in [-0.3, -0.25) is 0 Å². The Labute approximate surface area is 91.7 Å². The summed E-state index contributed by atoms with van der Waals surface area (Å²) in [4.78, 5) is 4.15. The summed E-state index contributed by atoms with van der Waals surface area (Å²) < 4.78 is 5.20. The van der Waals surface area contributed by atoms with Gasteiger partial charge in [0, 0.05) is 0 Å². The highest BCUT2D eigenvalue weighted by Crippen LogP contribution is 2.20. The maximum atomic E-state index is 8.67. The van der Waals surface area contributed by atoms with Gasteiger partial charge in [-0.1, -0.05) is 17.8 Å². The van der Waals surface area contributed by atoms with Crippen LogP contribution in [0.3, 0.4) is 0 Å². The number of pyridine rings is 1. The summed E-state index contributed by atoms with van der Waals surface area (Å²) in [5.41, 5.74) is 0.444. The number of nitriles is 1. The van der Waals surface area contributed by atoms with Crippen LogP contribution >= 0.6 is 11.8 Å². The van der Waals surface area contributed by atoms with Crippen LogP contribution in [0.5, 0.6) is 0 Å². The minimum absolute atomic E-state index is 0.444. The number of aromatic nitrogens is 1. The second kappa shape index (κ2) is 4.67. The molecular weight excluding hydrogens is 208 g/mol. The lowest BCUT2D eigenvalue weighted by Gasteiger charge is -1.98. The van der Waals surface area contributed by atoms with E-state index >= 15 is 0 Å². The molecule has 0 aliphatic heterocycles. The summed E-state index contributed by atoms with van der Waals surface area (Å²) in [6.07, 6.45) is 1.65. The summed E-state index contributed by atoms with van der Waals surface area (Å²) in [6, 6.07) is 11.2. The van der Waals surface area contributed by atoms with Crippen molar-refractivity contribution in [2.24, 2.45) is 0 Å². The maximum absolute atomic E-state index is 8.67. The molecule has 0 saturated heterocycles. The third-order valence-corrected chi connectivity index (χ3v) is 2.73. The van der Waals surface area contributed by atoms with Gasteiger partial charge < -0.3 is 4.42 Å². The van der Waals surface area contributed by atoms with Crippen molar-refractivity contribution < 1.29 is 4.42 Å². The van der Waals surface area contributed by atoms with Gasteiger partial charge in [0.1, 0.15) is 17.5 Å². The Morgan fingerprint density at radius 1 is 1.33 bits per heavy atom. The molecule has 0 unspecified atom stereocenters. The van der Waals surface area contributed by atoms with Crippen LogP contribution in [0.15, 0.2) is 46.0 Å². The molecule has 2 aromatic rings. The topological polar surface area (TPSA) is 49.8 Å². The predicted molar refractivity (Wildman–Crippen MR) is 57.2 cm³/mol. The molecule has 0 amide bonds. The second-order valence-corrected chi connectivity index (χ2v) is 3.84. The highest BCUT2D eigenvalue weighted by Gasteiger charge is 2.00. The lowest BCUT2D eigenvalue weighted by Crippen LogP contribution is -1.85. The van der Waals surface area contributed by atoms with Crippen molar-refractivity contribution in [3.8, 4) is 6.07 Å². The molecule has 0 spiro atoms. The summed E-state index contributed by atoms with van der Waals surface area (Å²) in [5.74, 6) is 1.64. The Bertz CT molecular complexity index is 474. The van der Waals surface area contributed by atoms with Gasteiger partial charge in [0.15, 0.2) is 0 Å². The van der Waals surface area contributed by atoms with Gasteiger partial charge in [0.2, 0.25) is 0 Å². The van der Waals surface area contributed by atoms with E-state index in [0.29, 0.717) is 5.69 Å². The highest BCUT2D eigenvalue weighted by molar-refractivity contribution is 7.98. The van der Waals surface area contributed by atoms with Gasteiger partial charge in [-0.2, -0.15) is 5.26 Å². The number of rotatable bonds is 3. The molecule has 74 valence electrons. The van der Waals surface area contributed by atoms with Crippen LogP contribution in [0.4, 0.5) is 0 Å². The first-order valence-electron chi connectivity index (χ1n) is 4.41. The van der Waals surface area contributed by atoms with Crippen molar-refractivity contribution >= 4 is 11.8 Å². The molecule has 0 N–H and O–H groups in total.